The van der Waals surface area contributed by atoms with E-state index in [4.69, 9.17) is 15.9 Å². The molecule has 1 amide bonds. The number of amides is 1. The molecule has 0 unspecified atom stereocenters. The van der Waals surface area contributed by atoms with Crippen LogP contribution in [0.2, 0.25) is 0 Å². The normalized spacial score (nSPS) is 11.8. The highest BCUT2D eigenvalue weighted by Crippen LogP contribution is 2.14. The fourth-order valence-electron chi connectivity index (χ4n) is 1.18. The number of anilines is 1. The number of phenolic OH excluding ortho intramolecular Hbond substituents is 1. The molecule has 0 aromatic heterocycles. The average molecular weight is 238 g/mol. The molecule has 0 aliphatic heterocycles. The third-order valence-electron chi connectivity index (χ3n) is 2.15. The van der Waals surface area contributed by atoms with Gasteiger partial charge in [0, 0.05) is 12.1 Å². The Morgan fingerprint density at radius 3 is 2.41 bits per heavy atom. The van der Waals surface area contributed by atoms with E-state index < -0.39 is 12.0 Å². The van der Waals surface area contributed by atoms with Crippen molar-refractivity contribution in [3.63, 3.8) is 0 Å². The van der Waals surface area contributed by atoms with E-state index in [1.807, 2.05) is 0 Å². The van der Waals surface area contributed by atoms with Crippen LogP contribution < -0.4 is 11.1 Å². The summed E-state index contributed by atoms with van der Waals surface area (Å²) in [5.41, 5.74) is 5.80. The molecule has 1 aromatic carbocycles. The van der Waals surface area contributed by atoms with Gasteiger partial charge in [-0.05, 0) is 30.7 Å². The first kappa shape index (κ1) is 13.0. The molecule has 0 heterocycles. The molecule has 0 spiro atoms. The number of carboxylic acids is 1. The van der Waals surface area contributed by atoms with Gasteiger partial charge in [0.1, 0.15) is 11.8 Å². The van der Waals surface area contributed by atoms with Gasteiger partial charge in [0.05, 0.1) is 0 Å². The second kappa shape index (κ2) is 5.86. The summed E-state index contributed by atoms with van der Waals surface area (Å²) in [5.74, 6) is -1.33. The van der Waals surface area contributed by atoms with Crippen LogP contribution in [0.15, 0.2) is 24.3 Å². The summed E-state index contributed by atoms with van der Waals surface area (Å²) in [6.07, 6.45) is 0.119. The standard InChI is InChI=1S/C11H14N2O4/c12-9(11(16)17)5-6-10(15)13-7-1-3-8(14)4-2-7/h1-4,9,14H,5-6,12H2,(H,13,15)(H,16,17)/t9-/m1/s1. The molecule has 0 radical (unpaired) electrons. The highest BCUT2D eigenvalue weighted by molar-refractivity contribution is 5.91. The molecule has 0 fully saturated rings. The largest absolute Gasteiger partial charge is 0.508 e. The number of hydrogen-bond donors (Lipinski definition) is 4. The highest BCUT2D eigenvalue weighted by atomic mass is 16.4. The van der Waals surface area contributed by atoms with E-state index in [0.29, 0.717) is 5.69 Å². The van der Waals surface area contributed by atoms with Crippen LogP contribution in [-0.4, -0.2) is 28.1 Å². The van der Waals surface area contributed by atoms with Crippen LogP contribution in [0.4, 0.5) is 5.69 Å². The molecule has 6 nitrogen and oxygen atoms in total. The fraction of sp³-hybridized carbons (Fsp3) is 0.273. The first-order chi connectivity index (χ1) is 7.99. The summed E-state index contributed by atoms with van der Waals surface area (Å²) >= 11 is 0. The third kappa shape index (κ3) is 4.52. The number of nitrogens with two attached hydrogens (primary N) is 1. The predicted molar refractivity (Wildman–Crippen MR) is 61.6 cm³/mol. The Bertz CT molecular complexity index is 402. The lowest BCUT2D eigenvalue weighted by Crippen LogP contribution is -2.31. The SMILES string of the molecule is N[C@H](CCC(=O)Nc1ccc(O)cc1)C(=O)O. The van der Waals surface area contributed by atoms with Gasteiger partial charge in [-0.25, -0.2) is 0 Å². The molecule has 17 heavy (non-hydrogen) atoms. The molecule has 1 atom stereocenters. The van der Waals surface area contributed by atoms with E-state index in [-0.39, 0.29) is 24.5 Å². The third-order valence-corrected chi connectivity index (χ3v) is 2.15. The Labute approximate surface area is 98.1 Å². The molecule has 92 valence electrons. The lowest BCUT2D eigenvalue weighted by molar-refractivity contribution is -0.138. The zero-order chi connectivity index (χ0) is 12.8. The predicted octanol–water partition coefficient (Wildman–Crippen LogP) is 0.523. The smallest absolute Gasteiger partial charge is 0.320 e. The van der Waals surface area contributed by atoms with Crippen LogP contribution in [0.1, 0.15) is 12.8 Å². The van der Waals surface area contributed by atoms with Crippen LogP contribution in [0.3, 0.4) is 0 Å². The van der Waals surface area contributed by atoms with Crippen LogP contribution in [0, 0.1) is 0 Å². The topological polar surface area (TPSA) is 113 Å². The number of carbonyl (C=O) groups excluding carboxylic acids is 1. The van der Waals surface area contributed by atoms with Gasteiger partial charge in [0.15, 0.2) is 0 Å². The Kier molecular flexibility index (Phi) is 4.47. The summed E-state index contributed by atoms with van der Waals surface area (Å²) < 4.78 is 0. The second-order valence-corrected chi connectivity index (χ2v) is 3.58. The molecular weight excluding hydrogens is 224 g/mol. The van der Waals surface area contributed by atoms with E-state index in [2.05, 4.69) is 5.32 Å². The molecule has 5 N–H and O–H groups in total. The maximum atomic E-state index is 11.4. The molecule has 0 aliphatic rings. The zero-order valence-electron chi connectivity index (χ0n) is 9.09. The van der Waals surface area contributed by atoms with Crippen molar-refractivity contribution >= 4 is 17.6 Å². The van der Waals surface area contributed by atoms with Crippen LogP contribution in [-0.2, 0) is 9.59 Å². The van der Waals surface area contributed by atoms with Gasteiger partial charge in [-0.2, -0.15) is 0 Å². The van der Waals surface area contributed by atoms with Gasteiger partial charge in [0.2, 0.25) is 5.91 Å². The quantitative estimate of drug-likeness (QED) is 0.559. The van der Waals surface area contributed by atoms with Gasteiger partial charge >= 0.3 is 5.97 Å². The minimum atomic E-state index is -1.12. The van der Waals surface area contributed by atoms with E-state index >= 15 is 0 Å². The van der Waals surface area contributed by atoms with Crippen molar-refractivity contribution in [2.75, 3.05) is 5.32 Å². The molecule has 0 saturated heterocycles. The number of benzene rings is 1. The summed E-state index contributed by atoms with van der Waals surface area (Å²) in [4.78, 5) is 21.8. The number of rotatable bonds is 5. The molecule has 6 heteroatoms. The monoisotopic (exact) mass is 238 g/mol. The van der Waals surface area contributed by atoms with E-state index in [9.17, 15) is 9.59 Å². The summed E-state index contributed by atoms with van der Waals surface area (Å²) in [5, 5.41) is 20.1. The number of aliphatic carboxylic acids is 1. The lowest BCUT2D eigenvalue weighted by atomic mass is 10.1. The fourth-order valence-corrected chi connectivity index (χ4v) is 1.18. The Hall–Kier alpha value is -2.08. The van der Waals surface area contributed by atoms with E-state index in [0.717, 1.165) is 0 Å². The van der Waals surface area contributed by atoms with Gasteiger partial charge in [-0.3, -0.25) is 9.59 Å². The maximum Gasteiger partial charge on any atom is 0.320 e. The minimum absolute atomic E-state index is 0.0361. The van der Waals surface area contributed by atoms with Crippen molar-refractivity contribution in [3.05, 3.63) is 24.3 Å². The van der Waals surface area contributed by atoms with Crippen LogP contribution in [0.25, 0.3) is 0 Å². The van der Waals surface area contributed by atoms with Crippen molar-refractivity contribution in [2.45, 2.75) is 18.9 Å². The number of aromatic hydroxyl groups is 1. The van der Waals surface area contributed by atoms with Crippen molar-refractivity contribution in [3.8, 4) is 5.75 Å². The number of carboxylic acid groups (broad SMARTS) is 1. The summed E-state index contributed by atoms with van der Waals surface area (Å²) in [6.45, 7) is 0. The Morgan fingerprint density at radius 2 is 1.88 bits per heavy atom. The molecule has 0 saturated carbocycles. The van der Waals surface area contributed by atoms with Crippen molar-refractivity contribution in [2.24, 2.45) is 5.73 Å². The number of nitrogens with one attached hydrogen (secondary N) is 1. The Balaban J connectivity index is 2.39. The van der Waals surface area contributed by atoms with Crippen LogP contribution in [0.5, 0.6) is 5.75 Å². The highest BCUT2D eigenvalue weighted by Gasteiger charge is 2.13. The van der Waals surface area contributed by atoms with Crippen molar-refractivity contribution < 1.29 is 19.8 Å². The van der Waals surface area contributed by atoms with Gasteiger partial charge in [-0.15, -0.1) is 0 Å². The van der Waals surface area contributed by atoms with Crippen molar-refractivity contribution in [1.29, 1.82) is 0 Å². The zero-order valence-corrected chi connectivity index (χ0v) is 9.09. The number of hydrogen-bond acceptors (Lipinski definition) is 4. The number of phenols is 1. The second-order valence-electron chi connectivity index (χ2n) is 3.58. The van der Waals surface area contributed by atoms with Gasteiger partial charge < -0.3 is 21.3 Å². The molecular formula is C11H14N2O4. The van der Waals surface area contributed by atoms with Crippen molar-refractivity contribution in [1.82, 2.24) is 0 Å². The van der Waals surface area contributed by atoms with E-state index in [1.54, 1.807) is 12.1 Å². The lowest BCUT2D eigenvalue weighted by Gasteiger charge is -2.07. The summed E-state index contributed by atoms with van der Waals surface area (Å²) in [6, 6.07) is 4.95. The number of carbonyl (C=O) groups is 2. The van der Waals surface area contributed by atoms with Crippen LogP contribution >= 0.6 is 0 Å². The summed E-state index contributed by atoms with van der Waals surface area (Å²) in [7, 11) is 0. The molecule has 1 aromatic rings. The van der Waals surface area contributed by atoms with Gasteiger partial charge in [-0.1, -0.05) is 0 Å². The Morgan fingerprint density at radius 1 is 1.29 bits per heavy atom. The first-order valence-corrected chi connectivity index (χ1v) is 5.06. The van der Waals surface area contributed by atoms with Gasteiger partial charge in [0.25, 0.3) is 0 Å². The maximum absolute atomic E-state index is 11.4. The average Bonchev–Trinajstić information content (AvgIpc) is 2.29. The molecule has 1 rings (SSSR count). The molecule has 0 bridgehead atoms. The van der Waals surface area contributed by atoms with E-state index in [1.165, 1.54) is 12.1 Å². The minimum Gasteiger partial charge on any atom is -0.508 e. The molecule has 0 aliphatic carbocycles. The first-order valence-electron chi connectivity index (χ1n) is 5.06.